The maximum absolute atomic E-state index is 11.7. The van der Waals surface area contributed by atoms with Gasteiger partial charge in [0.2, 0.25) is 0 Å². The number of nitrogens with one attached hydrogen (secondary N) is 3. The molecule has 7 nitrogen and oxygen atoms in total. The molecule has 23 heavy (non-hydrogen) atoms. The summed E-state index contributed by atoms with van der Waals surface area (Å²) < 4.78 is 11.2. The molecule has 1 saturated heterocycles. The zero-order chi connectivity index (χ0) is 15.9. The van der Waals surface area contributed by atoms with Gasteiger partial charge in [0, 0.05) is 19.3 Å². The van der Waals surface area contributed by atoms with Crippen molar-refractivity contribution in [3.05, 3.63) is 42.2 Å². The number of amides is 2. The van der Waals surface area contributed by atoms with Crippen LogP contribution in [0.25, 0.3) is 0 Å². The predicted molar refractivity (Wildman–Crippen MR) is 85.4 cm³/mol. The number of ether oxygens (including phenoxy) is 2. The Morgan fingerprint density at radius 2 is 2.26 bits per heavy atom. The molecule has 1 aromatic carbocycles. The number of urea groups is 1. The number of hydrogen-bond donors (Lipinski definition) is 3. The number of carbonyl (C=O) groups excluding carboxylic acids is 1. The number of H-pyrrole nitrogens is 1. The molecular formula is C16H20N4O3. The van der Waals surface area contributed by atoms with Crippen molar-refractivity contribution >= 4 is 11.7 Å². The fourth-order valence-corrected chi connectivity index (χ4v) is 2.35. The fourth-order valence-electron chi connectivity index (χ4n) is 2.35. The summed E-state index contributed by atoms with van der Waals surface area (Å²) in [6, 6.07) is 7.40. The highest BCUT2D eigenvalue weighted by Gasteiger charge is 2.15. The standard InChI is InChI=1S/C16H20N4O3/c21-16(20-13-9-18-19-10-13)17-8-12-3-5-14(6-4-12)23-11-15-2-1-7-22-15/h3-6,9-10,15H,1-2,7-8,11H2,(H,18,19)(H2,17,20,21)/t15-/m0/s1. The van der Waals surface area contributed by atoms with E-state index >= 15 is 0 Å². The zero-order valence-electron chi connectivity index (χ0n) is 12.7. The van der Waals surface area contributed by atoms with Crippen molar-refractivity contribution < 1.29 is 14.3 Å². The summed E-state index contributed by atoms with van der Waals surface area (Å²) in [5.41, 5.74) is 1.62. The van der Waals surface area contributed by atoms with E-state index in [0.29, 0.717) is 18.8 Å². The molecule has 2 amide bonds. The lowest BCUT2D eigenvalue weighted by atomic mass is 10.2. The lowest BCUT2D eigenvalue weighted by Gasteiger charge is -2.12. The minimum Gasteiger partial charge on any atom is -0.491 e. The van der Waals surface area contributed by atoms with Gasteiger partial charge >= 0.3 is 6.03 Å². The Balaban J connectivity index is 1.41. The molecule has 1 aromatic heterocycles. The van der Waals surface area contributed by atoms with Gasteiger partial charge in [0.1, 0.15) is 12.4 Å². The molecule has 0 saturated carbocycles. The normalized spacial score (nSPS) is 17.0. The number of aromatic nitrogens is 2. The van der Waals surface area contributed by atoms with Gasteiger partial charge in [-0.1, -0.05) is 12.1 Å². The summed E-state index contributed by atoms with van der Waals surface area (Å²) in [5, 5.41) is 11.8. The number of benzene rings is 1. The molecule has 1 fully saturated rings. The number of anilines is 1. The van der Waals surface area contributed by atoms with E-state index in [1.165, 1.54) is 0 Å². The SMILES string of the molecule is O=C(NCc1ccc(OC[C@@H]2CCCO2)cc1)Nc1cn[nH]c1. The smallest absolute Gasteiger partial charge is 0.319 e. The molecule has 1 aliphatic heterocycles. The minimum atomic E-state index is -0.273. The number of hydrogen-bond acceptors (Lipinski definition) is 4. The highest BCUT2D eigenvalue weighted by molar-refractivity contribution is 5.88. The van der Waals surface area contributed by atoms with Gasteiger partial charge in [0.05, 0.1) is 18.0 Å². The number of carbonyl (C=O) groups is 1. The van der Waals surface area contributed by atoms with Crippen LogP contribution in [0.2, 0.25) is 0 Å². The molecule has 1 atom stereocenters. The first-order valence-corrected chi connectivity index (χ1v) is 7.66. The van der Waals surface area contributed by atoms with Crippen molar-refractivity contribution in [2.24, 2.45) is 0 Å². The summed E-state index contributed by atoms with van der Waals surface area (Å²) in [5.74, 6) is 0.812. The van der Waals surface area contributed by atoms with E-state index < -0.39 is 0 Å². The van der Waals surface area contributed by atoms with Crippen LogP contribution < -0.4 is 15.4 Å². The summed E-state index contributed by atoms with van der Waals surface area (Å²) in [6.07, 6.45) is 5.54. The van der Waals surface area contributed by atoms with Gasteiger partial charge in [0.25, 0.3) is 0 Å². The topological polar surface area (TPSA) is 88.3 Å². The average molecular weight is 316 g/mol. The van der Waals surface area contributed by atoms with Crippen LogP contribution in [0.5, 0.6) is 5.75 Å². The van der Waals surface area contributed by atoms with Gasteiger partial charge in [-0.2, -0.15) is 5.10 Å². The third kappa shape index (κ3) is 4.72. The fraction of sp³-hybridized carbons (Fsp3) is 0.375. The lowest BCUT2D eigenvalue weighted by Crippen LogP contribution is -2.27. The zero-order valence-corrected chi connectivity index (χ0v) is 12.7. The Bertz CT molecular complexity index is 607. The van der Waals surface area contributed by atoms with Crippen molar-refractivity contribution in [3.8, 4) is 5.75 Å². The van der Waals surface area contributed by atoms with Gasteiger partial charge in [0.15, 0.2) is 0 Å². The van der Waals surface area contributed by atoms with Gasteiger partial charge in [-0.25, -0.2) is 4.79 Å². The largest absolute Gasteiger partial charge is 0.491 e. The molecule has 2 heterocycles. The van der Waals surface area contributed by atoms with Gasteiger partial charge < -0.3 is 20.1 Å². The third-order valence-corrected chi connectivity index (χ3v) is 3.59. The monoisotopic (exact) mass is 316 g/mol. The average Bonchev–Trinajstić information content (AvgIpc) is 3.25. The van der Waals surface area contributed by atoms with E-state index in [9.17, 15) is 4.79 Å². The highest BCUT2D eigenvalue weighted by atomic mass is 16.5. The van der Waals surface area contributed by atoms with Crippen molar-refractivity contribution in [2.45, 2.75) is 25.5 Å². The van der Waals surface area contributed by atoms with Gasteiger partial charge in [-0.15, -0.1) is 0 Å². The van der Waals surface area contributed by atoms with Crippen LogP contribution in [0.1, 0.15) is 18.4 Å². The van der Waals surface area contributed by atoms with Crippen molar-refractivity contribution in [1.82, 2.24) is 15.5 Å². The molecule has 2 aromatic rings. The van der Waals surface area contributed by atoms with Gasteiger partial charge in [-0.3, -0.25) is 5.10 Å². The van der Waals surface area contributed by atoms with Crippen molar-refractivity contribution in [1.29, 1.82) is 0 Å². The van der Waals surface area contributed by atoms with E-state index in [-0.39, 0.29) is 12.1 Å². The molecule has 0 radical (unpaired) electrons. The van der Waals surface area contributed by atoms with Crippen LogP contribution in [0.15, 0.2) is 36.7 Å². The highest BCUT2D eigenvalue weighted by Crippen LogP contribution is 2.16. The molecule has 0 bridgehead atoms. The number of nitrogens with zero attached hydrogens (tertiary/aromatic N) is 1. The summed E-state index contributed by atoms with van der Waals surface area (Å²) in [7, 11) is 0. The van der Waals surface area contributed by atoms with E-state index in [1.807, 2.05) is 24.3 Å². The number of aromatic amines is 1. The van der Waals surface area contributed by atoms with Crippen LogP contribution in [0.3, 0.4) is 0 Å². The van der Waals surface area contributed by atoms with E-state index in [1.54, 1.807) is 12.4 Å². The first-order valence-electron chi connectivity index (χ1n) is 7.66. The molecule has 0 unspecified atom stereocenters. The molecular weight excluding hydrogens is 296 g/mol. The molecule has 1 aliphatic rings. The van der Waals surface area contributed by atoms with Crippen molar-refractivity contribution in [2.75, 3.05) is 18.5 Å². The second-order valence-electron chi connectivity index (χ2n) is 5.38. The van der Waals surface area contributed by atoms with Crippen molar-refractivity contribution in [3.63, 3.8) is 0 Å². The first-order chi connectivity index (χ1) is 11.3. The Hall–Kier alpha value is -2.54. The molecule has 122 valence electrons. The van der Waals surface area contributed by atoms with E-state index in [0.717, 1.165) is 30.8 Å². The van der Waals surface area contributed by atoms with E-state index in [4.69, 9.17) is 9.47 Å². The summed E-state index contributed by atoms with van der Waals surface area (Å²) >= 11 is 0. The molecule has 3 N–H and O–H groups in total. The first kappa shape index (κ1) is 15.4. The summed E-state index contributed by atoms with van der Waals surface area (Å²) in [6.45, 7) is 1.86. The van der Waals surface area contributed by atoms with Crippen LogP contribution in [0, 0.1) is 0 Å². The predicted octanol–water partition coefficient (Wildman–Crippen LogP) is 2.29. The maximum Gasteiger partial charge on any atom is 0.319 e. The van der Waals surface area contributed by atoms with Crippen LogP contribution in [0.4, 0.5) is 10.5 Å². The second kappa shape index (κ2) is 7.64. The second-order valence-corrected chi connectivity index (χ2v) is 5.38. The lowest BCUT2D eigenvalue weighted by molar-refractivity contribution is 0.0679. The Labute approximate surface area is 134 Å². The Kier molecular flexibility index (Phi) is 5.10. The molecule has 3 rings (SSSR count). The Morgan fingerprint density at radius 3 is 2.96 bits per heavy atom. The van der Waals surface area contributed by atoms with Gasteiger partial charge in [-0.05, 0) is 30.5 Å². The molecule has 7 heteroatoms. The molecule has 0 aliphatic carbocycles. The third-order valence-electron chi connectivity index (χ3n) is 3.59. The Morgan fingerprint density at radius 1 is 1.39 bits per heavy atom. The molecule has 0 spiro atoms. The van der Waals surface area contributed by atoms with Crippen LogP contribution in [-0.2, 0) is 11.3 Å². The summed E-state index contributed by atoms with van der Waals surface area (Å²) in [4.78, 5) is 11.7. The van der Waals surface area contributed by atoms with Crippen LogP contribution >= 0.6 is 0 Å². The quantitative estimate of drug-likeness (QED) is 0.763. The van der Waals surface area contributed by atoms with E-state index in [2.05, 4.69) is 20.8 Å². The number of rotatable bonds is 6. The maximum atomic E-state index is 11.7. The van der Waals surface area contributed by atoms with Crippen LogP contribution in [-0.4, -0.2) is 35.5 Å². The minimum absolute atomic E-state index is 0.211.